The third-order valence-corrected chi connectivity index (χ3v) is 4.11. The van der Waals surface area contributed by atoms with Crippen LogP contribution in [0.2, 0.25) is 0 Å². The highest BCUT2D eigenvalue weighted by Gasteiger charge is 2.09. The highest BCUT2D eigenvalue weighted by atomic mass is 32.2. The molecule has 0 aliphatic heterocycles. The van der Waals surface area contributed by atoms with Gasteiger partial charge in [-0.25, -0.2) is 13.6 Å². The third kappa shape index (κ3) is 3.40. The molecule has 0 atom stereocenters. The maximum absolute atomic E-state index is 11.4. The van der Waals surface area contributed by atoms with Crippen LogP contribution in [-0.4, -0.2) is 13.0 Å². The van der Waals surface area contributed by atoms with E-state index in [-0.39, 0.29) is 4.90 Å². The van der Waals surface area contributed by atoms with Crippen molar-refractivity contribution in [3.05, 3.63) is 47.8 Å². The molecular formula is C14H19N3O2S. The van der Waals surface area contributed by atoms with Gasteiger partial charge in [0.1, 0.15) is 0 Å². The standard InChI is InChI=1S/C14H19N3O2S/c1-3-17-7-6-12(10-17)9-16-14-8-13(20(15,18)19)5-4-11(14)2/h4-8,10,16H,3,9H2,1-2H3,(H2,15,18,19). The fourth-order valence-corrected chi connectivity index (χ4v) is 2.50. The zero-order chi connectivity index (χ0) is 14.8. The number of primary sulfonamides is 1. The Morgan fingerprint density at radius 3 is 2.65 bits per heavy atom. The Labute approximate surface area is 119 Å². The van der Waals surface area contributed by atoms with E-state index < -0.39 is 10.0 Å². The molecule has 3 N–H and O–H groups in total. The zero-order valence-corrected chi connectivity index (χ0v) is 12.4. The second-order valence-corrected chi connectivity index (χ2v) is 6.29. The molecule has 0 aliphatic rings. The molecule has 108 valence electrons. The number of benzene rings is 1. The van der Waals surface area contributed by atoms with Gasteiger partial charge in [0.25, 0.3) is 0 Å². The average Bonchev–Trinajstić information content (AvgIpc) is 2.84. The zero-order valence-electron chi connectivity index (χ0n) is 11.6. The van der Waals surface area contributed by atoms with E-state index in [0.29, 0.717) is 6.54 Å². The predicted octanol–water partition coefficient (Wildman–Crippen LogP) is 2.08. The lowest BCUT2D eigenvalue weighted by Crippen LogP contribution is -2.12. The number of aromatic nitrogens is 1. The van der Waals surface area contributed by atoms with Gasteiger partial charge in [-0.2, -0.15) is 0 Å². The summed E-state index contributed by atoms with van der Waals surface area (Å²) < 4.78 is 24.8. The quantitative estimate of drug-likeness (QED) is 0.886. The minimum Gasteiger partial charge on any atom is -0.381 e. The molecule has 1 aromatic carbocycles. The lowest BCUT2D eigenvalue weighted by Gasteiger charge is -2.10. The van der Waals surface area contributed by atoms with E-state index in [1.807, 2.05) is 19.2 Å². The maximum Gasteiger partial charge on any atom is 0.238 e. The predicted molar refractivity (Wildman–Crippen MR) is 80.0 cm³/mol. The Bertz CT molecular complexity index is 705. The smallest absolute Gasteiger partial charge is 0.238 e. The first-order chi connectivity index (χ1) is 9.40. The maximum atomic E-state index is 11.4. The Morgan fingerprint density at radius 1 is 1.30 bits per heavy atom. The molecule has 0 bridgehead atoms. The lowest BCUT2D eigenvalue weighted by molar-refractivity contribution is 0.598. The van der Waals surface area contributed by atoms with Crippen LogP contribution in [0.4, 0.5) is 5.69 Å². The van der Waals surface area contributed by atoms with Crippen LogP contribution in [0, 0.1) is 6.92 Å². The number of nitrogens with zero attached hydrogens (tertiary/aromatic N) is 1. The summed E-state index contributed by atoms with van der Waals surface area (Å²) in [5.74, 6) is 0. The van der Waals surface area contributed by atoms with Gasteiger partial charge in [0, 0.05) is 31.2 Å². The lowest BCUT2D eigenvalue weighted by atomic mass is 10.2. The van der Waals surface area contributed by atoms with Gasteiger partial charge in [-0.1, -0.05) is 6.07 Å². The van der Waals surface area contributed by atoms with Crippen LogP contribution in [0.5, 0.6) is 0 Å². The van der Waals surface area contributed by atoms with Crippen LogP contribution < -0.4 is 10.5 Å². The summed E-state index contributed by atoms with van der Waals surface area (Å²) in [6.45, 7) is 5.57. The van der Waals surface area contributed by atoms with Crippen molar-refractivity contribution in [2.75, 3.05) is 5.32 Å². The SMILES string of the molecule is CCn1ccc(CNc2cc(S(N)(=O)=O)ccc2C)c1. The first-order valence-corrected chi connectivity index (χ1v) is 7.97. The molecule has 1 heterocycles. The van der Waals surface area contributed by atoms with Crippen molar-refractivity contribution in [2.45, 2.75) is 31.8 Å². The van der Waals surface area contributed by atoms with Gasteiger partial charge in [0.05, 0.1) is 4.90 Å². The summed E-state index contributed by atoms with van der Waals surface area (Å²) >= 11 is 0. The second-order valence-electron chi connectivity index (χ2n) is 4.73. The first-order valence-electron chi connectivity index (χ1n) is 6.42. The normalized spacial score (nSPS) is 11.6. The Morgan fingerprint density at radius 2 is 2.05 bits per heavy atom. The molecule has 0 aliphatic carbocycles. The van der Waals surface area contributed by atoms with Crippen molar-refractivity contribution in [3.8, 4) is 0 Å². The van der Waals surface area contributed by atoms with Gasteiger partial charge in [0.2, 0.25) is 10.0 Å². The Kier molecular flexibility index (Phi) is 4.15. The van der Waals surface area contributed by atoms with Gasteiger partial charge in [0.15, 0.2) is 0 Å². The van der Waals surface area contributed by atoms with Crippen molar-refractivity contribution >= 4 is 15.7 Å². The number of hydrogen-bond donors (Lipinski definition) is 2. The summed E-state index contributed by atoms with van der Waals surface area (Å²) in [6, 6.07) is 6.87. The van der Waals surface area contributed by atoms with E-state index in [0.717, 1.165) is 23.4 Å². The minimum absolute atomic E-state index is 0.122. The van der Waals surface area contributed by atoms with Crippen LogP contribution in [-0.2, 0) is 23.1 Å². The van der Waals surface area contributed by atoms with Gasteiger partial charge in [-0.3, -0.25) is 0 Å². The van der Waals surface area contributed by atoms with Crippen molar-refractivity contribution in [1.29, 1.82) is 0 Å². The highest BCUT2D eigenvalue weighted by Crippen LogP contribution is 2.20. The summed E-state index contributed by atoms with van der Waals surface area (Å²) in [5.41, 5.74) is 2.90. The number of hydrogen-bond acceptors (Lipinski definition) is 3. The molecule has 0 radical (unpaired) electrons. The largest absolute Gasteiger partial charge is 0.381 e. The van der Waals surface area contributed by atoms with Crippen molar-refractivity contribution in [2.24, 2.45) is 5.14 Å². The number of anilines is 1. The highest BCUT2D eigenvalue weighted by molar-refractivity contribution is 7.89. The van der Waals surface area contributed by atoms with E-state index in [1.165, 1.54) is 6.07 Å². The molecule has 0 spiro atoms. The molecule has 0 amide bonds. The van der Waals surface area contributed by atoms with E-state index in [9.17, 15) is 8.42 Å². The van der Waals surface area contributed by atoms with Crippen LogP contribution in [0.15, 0.2) is 41.6 Å². The fraction of sp³-hybridized carbons (Fsp3) is 0.286. The second kappa shape index (κ2) is 5.68. The van der Waals surface area contributed by atoms with E-state index in [2.05, 4.69) is 23.0 Å². The summed E-state index contributed by atoms with van der Waals surface area (Å²) in [4.78, 5) is 0.122. The van der Waals surface area contributed by atoms with Crippen LogP contribution >= 0.6 is 0 Å². The number of sulfonamides is 1. The summed E-state index contributed by atoms with van der Waals surface area (Å²) in [6.07, 6.45) is 4.08. The van der Waals surface area contributed by atoms with Crippen molar-refractivity contribution in [1.82, 2.24) is 4.57 Å². The average molecular weight is 293 g/mol. The molecule has 2 aromatic rings. The molecule has 0 unspecified atom stereocenters. The van der Waals surface area contributed by atoms with Crippen LogP contribution in [0.3, 0.4) is 0 Å². The Hall–Kier alpha value is -1.79. The monoisotopic (exact) mass is 293 g/mol. The van der Waals surface area contributed by atoms with E-state index in [4.69, 9.17) is 5.14 Å². The molecule has 6 heteroatoms. The van der Waals surface area contributed by atoms with Crippen molar-refractivity contribution in [3.63, 3.8) is 0 Å². The third-order valence-electron chi connectivity index (χ3n) is 3.20. The summed E-state index contributed by atoms with van der Waals surface area (Å²) in [5, 5.41) is 8.39. The summed E-state index contributed by atoms with van der Waals surface area (Å²) in [7, 11) is -3.67. The van der Waals surface area contributed by atoms with Gasteiger partial charge in [-0.15, -0.1) is 0 Å². The molecule has 2 rings (SSSR count). The molecule has 0 fully saturated rings. The van der Waals surface area contributed by atoms with Crippen molar-refractivity contribution < 1.29 is 8.42 Å². The van der Waals surface area contributed by atoms with Crippen LogP contribution in [0.25, 0.3) is 0 Å². The number of nitrogens with one attached hydrogen (secondary N) is 1. The molecule has 20 heavy (non-hydrogen) atoms. The molecular weight excluding hydrogens is 274 g/mol. The topological polar surface area (TPSA) is 77.1 Å². The number of rotatable bonds is 5. The van der Waals surface area contributed by atoms with Gasteiger partial charge < -0.3 is 9.88 Å². The number of aryl methyl sites for hydroxylation is 2. The number of nitrogens with two attached hydrogens (primary N) is 1. The van der Waals surface area contributed by atoms with Gasteiger partial charge in [-0.05, 0) is 43.2 Å². The van der Waals surface area contributed by atoms with E-state index in [1.54, 1.807) is 12.1 Å². The first kappa shape index (κ1) is 14.6. The van der Waals surface area contributed by atoms with E-state index >= 15 is 0 Å². The minimum atomic E-state index is -3.67. The Balaban J connectivity index is 2.16. The fourth-order valence-electron chi connectivity index (χ4n) is 1.96. The molecule has 1 aromatic heterocycles. The van der Waals surface area contributed by atoms with Crippen LogP contribution in [0.1, 0.15) is 18.1 Å². The molecule has 0 saturated heterocycles. The van der Waals surface area contributed by atoms with Gasteiger partial charge >= 0.3 is 0 Å². The molecule has 5 nitrogen and oxygen atoms in total. The molecule has 0 saturated carbocycles.